The number of nitrogens with two attached hydrogens (primary N) is 1. The van der Waals surface area contributed by atoms with Crippen molar-refractivity contribution in [1.29, 1.82) is 0 Å². The second-order valence-corrected chi connectivity index (χ2v) is 6.66. The van der Waals surface area contributed by atoms with Crippen molar-refractivity contribution in [3.63, 3.8) is 0 Å². The van der Waals surface area contributed by atoms with E-state index in [1.807, 2.05) is 32.0 Å². The maximum absolute atomic E-state index is 11.7. The molecule has 1 atom stereocenters. The highest BCUT2D eigenvalue weighted by Gasteiger charge is 2.19. The Morgan fingerprint density at radius 1 is 1.29 bits per heavy atom. The molecular weight excluding hydrogens is 264 g/mol. The highest BCUT2D eigenvalue weighted by atomic mass is 16.5. The lowest BCUT2D eigenvalue weighted by Crippen LogP contribution is -2.45. The fourth-order valence-corrected chi connectivity index (χ4v) is 1.97. The van der Waals surface area contributed by atoms with Gasteiger partial charge < -0.3 is 15.8 Å². The van der Waals surface area contributed by atoms with Gasteiger partial charge in [0.25, 0.3) is 0 Å². The maximum atomic E-state index is 11.7. The van der Waals surface area contributed by atoms with Crippen LogP contribution < -0.4 is 15.8 Å². The third-order valence-electron chi connectivity index (χ3n) is 3.37. The number of nitrogens with one attached hydrogen (secondary N) is 1. The normalized spacial score (nSPS) is 13.1. The zero-order valence-corrected chi connectivity index (χ0v) is 13.8. The lowest BCUT2D eigenvalue weighted by atomic mass is 9.86. The van der Waals surface area contributed by atoms with Gasteiger partial charge in [0.1, 0.15) is 12.4 Å². The van der Waals surface area contributed by atoms with Crippen molar-refractivity contribution in [2.45, 2.75) is 46.1 Å². The van der Waals surface area contributed by atoms with Crippen LogP contribution in [0, 0.1) is 5.92 Å². The van der Waals surface area contributed by atoms with Crippen molar-refractivity contribution >= 4 is 5.91 Å². The van der Waals surface area contributed by atoms with E-state index < -0.39 is 6.04 Å². The Bertz CT molecular complexity index is 464. The van der Waals surface area contributed by atoms with Gasteiger partial charge in [-0.1, -0.05) is 52.8 Å². The number of hydrogen-bond donors (Lipinski definition) is 2. The number of ether oxygens (including phenoxy) is 1. The number of benzene rings is 1. The van der Waals surface area contributed by atoms with Crippen molar-refractivity contribution in [2.75, 3.05) is 13.2 Å². The molecule has 21 heavy (non-hydrogen) atoms. The Kier molecular flexibility index (Phi) is 6.21. The van der Waals surface area contributed by atoms with Crippen molar-refractivity contribution in [3.05, 3.63) is 29.8 Å². The average Bonchev–Trinajstić information content (AvgIpc) is 2.41. The largest absolute Gasteiger partial charge is 0.491 e. The molecule has 0 unspecified atom stereocenters. The number of hydrogen-bond acceptors (Lipinski definition) is 3. The topological polar surface area (TPSA) is 64.4 Å². The first-order valence-corrected chi connectivity index (χ1v) is 7.49. The van der Waals surface area contributed by atoms with Crippen LogP contribution in [0.15, 0.2) is 24.3 Å². The summed E-state index contributed by atoms with van der Waals surface area (Å²) < 4.78 is 5.80. The summed E-state index contributed by atoms with van der Waals surface area (Å²) in [6.07, 6.45) is 0. The van der Waals surface area contributed by atoms with Crippen molar-refractivity contribution in [1.82, 2.24) is 5.32 Å². The molecule has 0 spiro atoms. The summed E-state index contributed by atoms with van der Waals surface area (Å²) >= 11 is 0. The van der Waals surface area contributed by atoms with E-state index in [-0.39, 0.29) is 17.2 Å². The molecule has 0 aliphatic rings. The van der Waals surface area contributed by atoms with E-state index in [0.717, 1.165) is 11.3 Å². The van der Waals surface area contributed by atoms with Crippen LogP contribution in [-0.2, 0) is 10.2 Å². The van der Waals surface area contributed by atoms with E-state index in [9.17, 15) is 4.79 Å². The first kappa shape index (κ1) is 17.5. The molecule has 4 nitrogen and oxygen atoms in total. The van der Waals surface area contributed by atoms with Gasteiger partial charge in [0.05, 0.1) is 12.6 Å². The van der Waals surface area contributed by atoms with Crippen LogP contribution in [0.1, 0.15) is 40.2 Å². The van der Waals surface area contributed by atoms with E-state index in [4.69, 9.17) is 10.5 Å². The smallest absolute Gasteiger partial charge is 0.237 e. The molecule has 0 bridgehead atoms. The molecule has 0 heterocycles. The van der Waals surface area contributed by atoms with E-state index in [1.54, 1.807) is 0 Å². The average molecular weight is 292 g/mol. The molecule has 1 aromatic carbocycles. The molecule has 0 aromatic heterocycles. The highest BCUT2D eigenvalue weighted by Crippen LogP contribution is 2.30. The number of carbonyl (C=O) groups excluding carboxylic acids is 1. The number of carbonyl (C=O) groups is 1. The minimum Gasteiger partial charge on any atom is -0.491 e. The minimum atomic E-state index is -0.466. The summed E-state index contributed by atoms with van der Waals surface area (Å²) in [5, 5.41) is 2.80. The predicted octanol–water partition coefficient (Wildman–Crippen LogP) is 2.46. The molecule has 1 rings (SSSR count). The monoisotopic (exact) mass is 292 g/mol. The number of amides is 1. The van der Waals surface area contributed by atoms with Crippen LogP contribution >= 0.6 is 0 Å². The molecule has 0 aliphatic carbocycles. The van der Waals surface area contributed by atoms with Crippen LogP contribution in [0.5, 0.6) is 5.75 Å². The third kappa shape index (κ3) is 5.38. The van der Waals surface area contributed by atoms with Crippen LogP contribution in [-0.4, -0.2) is 25.1 Å². The molecule has 0 fully saturated rings. The number of rotatable bonds is 6. The van der Waals surface area contributed by atoms with Crippen LogP contribution in [0.4, 0.5) is 0 Å². The molecule has 1 amide bonds. The second kappa shape index (κ2) is 7.46. The Hall–Kier alpha value is -1.55. The van der Waals surface area contributed by atoms with Gasteiger partial charge in [-0.3, -0.25) is 4.79 Å². The molecule has 3 N–H and O–H groups in total. The Balaban J connectivity index is 2.49. The fourth-order valence-electron chi connectivity index (χ4n) is 1.97. The summed E-state index contributed by atoms with van der Waals surface area (Å²) in [6, 6.07) is 7.53. The molecule has 0 radical (unpaired) electrons. The minimum absolute atomic E-state index is 0.0276. The van der Waals surface area contributed by atoms with Crippen LogP contribution in [0.3, 0.4) is 0 Å². The standard InChI is InChI=1S/C17H28N2O2/c1-12(2)15(18)16(20)19-10-11-21-14-9-7-6-8-13(14)17(3,4)5/h6-9,12,15H,10-11,18H2,1-5H3,(H,19,20)/t15-/m0/s1. The molecule has 0 saturated heterocycles. The summed E-state index contributed by atoms with van der Waals surface area (Å²) in [5.74, 6) is 0.873. The molecular formula is C17H28N2O2. The van der Waals surface area contributed by atoms with E-state index >= 15 is 0 Å². The molecule has 0 aliphatic heterocycles. The quantitative estimate of drug-likeness (QED) is 0.792. The van der Waals surface area contributed by atoms with Crippen molar-refractivity contribution < 1.29 is 9.53 Å². The Labute approximate surface area is 128 Å². The zero-order chi connectivity index (χ0) is 16.0. The first-order chi connectivity index (χ1) is 9.73. The number of para-hydroxylation sites is 1. The molecule has 0 saturated carbocycles. The van der Waals surface area contributed by atoms with Gasteiger partial charge in [0.2, 0.25) is 5.91 Å². The predicted molar refractivity (Wildman–Crippen MR) is 86.5 cm³/mol. The Morgan fingerprint density at radius 3 is 2.48 bits per heavy atom. The fraction of sp³-hybridized carbons (Fsp3) is 0.588. The van der Waals surface area contributed by atoms with E-state index in [1.165, 1.54) is 0 Å². The molecule has 118 valence electrons. The van der Waals surface area contributed by atoms with Gasteiger partial charge in [-0.05, 0) is 23.0 Å². The van der Waals surface area contributed by atoms with Gasteiger partial charge in [-0.2, -0.15) is 0 Å². The van der Waals surface area contributed by atoms with Crippen molar-refractivity contribution in [2.24, 2.45) is 11.7 Å². The summed E-state index contributed by atoms with van der Waals surface area (Å²) in [5.41, 5.74) is 6.97. The first-order valence-electron chi connectivity index (χ1n) is 7.49. The van der Waals surface area contributed by atoms with E-state index in [0.29, 0.717) is 13.2 Å². The zero-order valence-electron chi connectivity index (χ0n) is 13.8. The summed E-state index contributed by atoms with van der Waals surface area (Å²) in [4.78, 5) is 11.7. The van der Waals surface area contributed by atoms with E-state index in [2.05, 4.69) is 32.2 Å². The van der Waals surface area contributed by atoms with Crippen LogP contribution in [0.25, 0.3) is 0 Å². The van der Waals surface area contributed by atoms with Crippen molar-refractivity contribution in [3.8, 4) is 5.75 Å². The van der Waals surface area contributed by atoms with Gasteiger partial charge >= 0.3 is 0 Å². The molecule has 4 heteroatoms. The van der Waals surface area contributed by atoms with Gasteiger partial charge in [-0.25, -0.2) is 0 Å². The highest BCUT2D eigenvalue weighted by molar-refractivity contribution is 5.81. The third-order valence-corrected chi connectivity index (χ3v) is 3.37. The SMILES string of the molecule is CC(C)[C@H](N)C(=O)NCCOc1ccccc1C(C)(C)C. The van der Waals surface area contributed by atoms with Gasteiger partial charge in [0, 0.05) is 0 Å². The Morgan fingerprint density at radius 2 is 1.90 bits per heavy atom. The van der Waals surface area contributed by atoms with Gasteiger partial charge in [0.15, 0.2) is 0 Å². The molecule has 1 aromatic rings. The van der Waals surface area contributed by atoms with Gasteiger partial charge in [-0.15, -0.1) is 0 Å². The maximum Gasteiger partial charge on any atom is 0.237 e. The summed E-state index contributed by atoms with van der Waals surface area (Å²) in [7, 11) is 0. The summed E-state index contributed by atoms with van der Waals surface area (Å²) in [6.45, 7) is 11.2. The lowest BCUT2D eigenvalue weighted by Gasteiger charge is -2.23. The second-order valence-electron chi connectivity index (χ2n) is 6.66. The lowest BCUT2D eigenvalue weighted by molar-refractivity contribution is -0.123. The van der Waals surface area contributed by atoms with Crippen LogP contribution in [0.2, 0.25) is 0 Å².